The Morgan fingerprint density at radius 2 is 1.96 bits per heavy atom. The average Bonchev–Trinajstić information content (AvgIpc) is 3.22. The highest BCUT2D eigenvalue weighted by Gasteiger charge is 2.40. The normalized spacial score (nSPS) is 15.7. The van der Waals surface area contributed by atoms with E-state index >= 15 is 0 Å². The molecule has 0 saturated carbocycles. The number of hydrogen-bond acceptors (Lipinski definition) is 5. The van der Waals surface area contributed by atoms with Crippen molar-refractivity contribution in [1.29, 1.82) is 0 Å². The van der Waals surface area contributed by atoms with Crippen LogP contribution in [0.2, 0.25) is 5.02 Å². The number of benzene rings is 2. The van der Waals surface area contributed by atoms with Gasteiger partial charge >= 0.3 is 0 Å². The monoisotopic (exact) mass is 382 g/mol. The van der Waals surface area contributed by atoms with Crippen LogP contribution in [0.4, 0.5) is 5.69 Å². The maximum absolute atomic E-state index is 12.9. The Morgan fingerprint density at radius 3 is 2.70 bits per heavy atom. The standard InChI is InChI=1S/C19H15ClN4O3/c1-11(25)21-16-13-8-5-9-14(20)17(13)24(19(16)26)10-15-22-23-18(27-15)12-6-3-2-4-7-12/h2-9,16H,10H2,1H3,(H,21,25). The largest absolute Gasteiger partial charge is 0.419 e. The second-order valence-electron chi connectivity index (χ2n) is 6.10. The molecule has 0 bridgehead atoms. The van der Waals surface area contributed by atoms with Crippen LogP contribution in [0.1, 0.15) is 24.4 Å². The van der Waals surface area contributed by atoms with Crippen LogP contribution in [-0.2, 0) is 16.1 Å². The zero-order valence-corrected chi connectivity index (χ0v) is 15.1. The minimum atomic E-state index is -0.785. The van der Waals surface area contributed by atoms with Gasteiger partial charge in [-0.3, -0.25) is 14.5 Å². The molecule has 2 amide bonds. The first-order chi connectivity index (χ1) is 13.0. The maximum Gasteiger partial charge on any atom is 0.254 e. The fourth-order valence-electron chi connectivity index (χ4n) is 3.10. The number of rotatable bonds is 4. The third kappa shape index (κ3) is 3.17. The van der Waals surface area contributed by atoms with Crippen LogP contribution in [0, 0.1) is 0 Å². The number of carbonyl (C=O) groups excluding carboxylic acids is 2. The first-order valence-electron chi connectivity index (χ1n) is 8.29. The van der Waals surface area contributed by atoms with Crippen LogP contribution in [0.5, 0.6) is 0 Å². The topological polar surface area (TPSA) is 88.3 Å². The predicted octanol–water partition coefficient (Wildman–Crippen LogP) is 3.11. The van der Waals surface area contributed by atoms with Gasteiger partial charge in [0.25, 0.3) is 5.91 Å². The highest BCUT2D eigenvalue weighted by atomic mass is 35.5. The molecule has 27 heavy (non-hydrogen) atoms. The Labute approximate surface area is 160 Å². The number of hydrogen-bond donors (Lipinski definition) is 1. The van der Waals surface area contributed by atoms with Crippen molar-refractivity contribution in [1.82, 2.24) is 15.5 Å². The van der Waals surface area contributed by atoms with E-state index in [-0.39, 0.29) is 24.2 Å². The van der Waals surface area contributed by atoms with Crippen molar-refractivity contribution in [2.45, 2.75) is 19.5 Å². The zero-order chi connectivity index (χ0) is 19.0. The van der Waals surface area contributed by atoms with E-state index in [0.717, 1.165) is 5.56 Å². The molecule has 136 valence electrons. The van der Waals surface area contributed by atoms with E-state index in [1.807, 2.05) is 30.3 Å². The number of nitrogens with one attached hydrogen (secondary N) is 1. The molecule has 0 aliphatic carbocycles. The molecule has 1 N–H and O–H groups in total. The van der Waals surface area contributed by atoms with Crippen LogP contribution in [0.25, 0.3) is 11.5 Å². The van der Waals surface area contributed by atoms with Gasteiger partial charge in [-0.05, 0) is 18.2 Å². The highest BCUT2D eigenvalue weighted by molar-refractivity contribution is 6.34. The van der Waals surface area contributed by atoms with Crippen molar-refractivity contribution >= 4 is 29.1 Å². The summed E-state index contributed by atoms with van der Waals surface area (Å²) in [6.07, 6.45) is 0. The summed E-state index contributed by atoms with van der Waals surface area (Å²) in [5, 5.41) is 11.2. The molecule has 1 aliphatic heterocycles. The first kappa shape index (κ1) is 17.2. The number of amides is 2. The summed E-state index contributed by atoms with van der Waals surface area (Å²) < 4.78 is 5.70. The molecule has 1 aromatic heterocycles. The van der Waals surface area contributed by atoms with Gasteiger partial charge in [-0.1, -0.05) is 41.9 Å². The third-order valence-corrected chi connectivity index (χ3v) is 4.55. The number of halogens is 1. The van der Waals surface area contributed by atoms with Gasteiger partial charge in [0.05, 0.1) is 10.7 Å². The Hall–Kier alpha value is -3.19. The fourth-order valence-corrected chi connectivity index (χ4v) is 3.38. The van der Waals surface area contributed by atoms with Crippen molar-refractivity contribution < 1.29 is 14.0 Å². The predicted molar refractivity (Wildman–Crippen MR) is 98.9 cm³/mol. The summed E-state index contributed by atoms with van der Waals surface area (Å²) in [6, 6.07) is 13.8. The van der Waals surface area contributed by atoms with E-state index < -0.39 is 6.04 Å². The van der Waals surface area contributed by atoms with Gasteiger partial charge in [-0.2, -0.15) is 0 Å². The number of anilines is 1. The second kappa shape index (κ2) is 6.85. The Kier molecular flexibility index (Phi) is 4.37. The van der Waals surface area contributed by atoms with Gasteiger partial charge in [0.1, 0.15) is 12.6 Å². The molecule has 0 saturated heterocycles. The molecule has 4 rings (SSSR count). The van der Waals surface area contributed by atoms with Crippen molar-refractivity contribution in [3.05, 3.63) is 65.0 Å². The minimum absolute atomic E-state index is 0.0610. The molecule has 1 unspecified atom stereocenters. The van der Waals surface area contributed by atoms with E-state index in [1.165, 1.54) is 11.8 Å². The van der Waals surface area contributed by atoms with E-state index in [4.69, 9.17) is 16.0 Å². The van der Waals surface area contributed by atoms with Gasteiger partial charge < -0.3 is 9.73 Å². The van der Waals surface area contributed by atoms with Crippen LogP contribution in [0.15, 0.2) is 52.9 Å². The molecule has 1 aliphatic rings. The number of fused-ring (bicyclic) bond motifs is 1. The Bertz CT molecular complexity index is 1020. The van der Waals surface area contributed by atoms with Crippen LogP contribution < -0.4 is 10.2 Å². The van der Waals surface area contributed by atoms with Crippen molar-refractivity contribution in [2.24, 2.45) is 0 Å². The first-order valence-corrected chi connectivity index (χ1v) is 8.67. The van der Waals surface area contributed by atoms with E-state index in [2.05, 4.69) is 15.5 Å². The van der Waals surface area contributed by atoms with Gasteiger partial charge in [-0.25, -0.2) is 0 Å². The third-order valence-electron chi connectivity index (χ3n) is 4.24. The molecule has 0 spiro atoms. The number of carbonyl (C=O) groups is 2. The molecule has 7 nitrogen and oxygen atoms in total. The summed E-state index contributed by atoms with van der Waals surface area (Å²) in [5.74, 6) is 0.0460. The van der Waals surface area contributed by atoms with Crippen LogP contribution >= 0.6 is 11.6 Å². The number of nitrogens with zero attached hydrogens (tertiary/aromatic N) is 3. The molecule has 0 fully saturated rings. The van der Waals surface area contributed by atoms with Gasteiger partial charge in [-0.15, -0.1) is 10.2 Å². The lowest BCUT2D eigenvalue weighted by molar-refractivity contribution is -0.126. The number of aromatic nitrogens is 2. The molecular weight excluding hydrogens is 368 g/mol. The summed E-state index contributed by atoms with van der Waals surface area (Å²) in [7, 11) is 0. The van der Waals surface area contributed by atoms with Crippen LogP contribution in [0.3, 0.4) is 0 Å². The summed E-state index contributed by atoms with van der Waals surface area (Å²) in [6.45, 7) is 1.43. The highest BCUT2D eigenvalue weighted by Crippen LogP contribution is 2.41. The fraction of sp³-hybridized carbons (Fsp3) is 0.158. The molecule has 0 radical (unpaired) electrons. The molecule has 3 aromatic rings. The lowest BCUT2D eigenvalue weighted by Gasteiger charge is -2.16. The van der Waals surface area contributed by atoms with E-state index in [9.17, 15) is 9.59 Å². The lowest BCUT2D eigenvalue weighted by Crippen LogP contribution is -2.36. The molecule has 1 atom stereocenters. The Morgan fingerprint density at radius 1 is 1.19 bits per heavy atom. The quantitative estimate of drug-likeness (QED) is 0.749. The summed E-state index contributed by atoms with van der Waals surface area (Å²) in [5.41, 5.74) is 1.98. The molecule has 8 heteroatoms. The minimum Gasteiger partial charge on any atom is -0.419 e. The zero-order valence-electron chi connectivity index (χ0n) is 14.3. The van der Waals surface area contributed by atoms with E-state index in [0.29, 0.717) is 22.2 Å². The maximum atomic E-state index is 12.9. The van der Waals surface area contributed by atoms with Gasteiger partial charge in [0.2, 0.25) is 17.7 Å². The molecule has 2 heterocycles. The smallest absolute Gasteiger partial charge is 0.254 e. The van der Waals surface area contributed by atoms with Gasteiger partial charge in [0.15, 0.2) is 0 Å². The molecular formula is C19H15ClN4O3. The lowest BCUT2D eigenvalue weighted by atomic mass is 10.1. The Balaban J connectivity index is 1.66. The SMILES string of the molecule is CC(=O)NC1C(=O)N(Cc2nnc(-c3ccccc3)o2)c2c(Cl)cccc21. The molecule has 2 aromatic carbocycles. The average molecular weight is 383 g/mol. The van der Waals surface area contributed by atoms with Crippen molar-refractivity contribution in [3.63, 3.8) is 0 Å². The summed E-state index contributed by atoms with van der Waals surface area (Å²) >= 11 is 6.33. The van der Waals surface area contributed by atoms with Crippen LogP contribution in [-0.4, -0.2) is 22.0 Å². The van der Waals surface area contributed by atoms with Crippen molar-refractivity contribution in [2.75, 3.05) is 4.90 Å². The van der Waals surface area contributed by atoms with Gasteiger partial charge in [0, 0.05) is 18.1 Å². The number of para-hydroxylation sites is 1. The van der Waals surface area contributed by atoms with E-state index in [1.54, 1.807) is 18.2 Å². The second-order valence-corrected chi connectivity index (χ2v) is 6.51. The summed E-state index contributed by atoms with van der Waals surface area (Å²) in [4.78, 5) is 25.9. The van der Waals surface area contributed by atoms with Crippen molar-refractivity contribution in [3.8, 4) is 11.5 Å².